The van der Waals surface area contributed by atoms with Crippen LogP contribution in [0.2, 0.25) is 0 Å². The minimum atomic E-state index is -0.801. The molecule has 1 unspecified atom stereocenters. The van der Waals surface area contributed by atoms with Crippen molar-refractivity contribution in [2.75, 3.05) is 6.61 Å². The van der Waals surface area contributed by atoms with Gasteiger partial charge in [0.05, 0.1) is 18.5 Å². The zero-order valence-electron chi connectivity index (χ0n) is 21.3. The number of hydrogen-bond donors (Lipinski definition) is 3. The Hall–Kier alpha value is -3.95. The number of hydrogen-bond acceptors (Lipinski definition) is 7. The van der Waals surface area contributed by atoms with Crippen LogP contribution in [0, 0.1) is 5.92 Å². The van der Waals surface area contributed by atoms with Crippen LogP contribution in [-0.4, -0.2) is 51.7 Å². The Balaban J connectivity index is 1.75. The van der Waals surface area contributed by atoms with Gasteiger partial charge in [-0.2, -0.15) is 5.10 Å². The van der Waals surface area contributed by atoms with E-state index in [1.807, 2.05) is 45.9 Å². The summed E-state index contributed by atoms with van der Waals surface area (Å²) in [4.78, 5) is 41.6. The van der Waals surface area contributed by atoms with E-state index >= 15 is 0 Å². The monoisotopic (exact) mass is 495 g/mol. The second-order valence-corrected chi connectivity index (χ2v) is 8.71. The molecule has 0 radical (unpaired) electrons. The highest BCUT2D eigenvalue weighted by molar-refractivity contribution is 5.95. The van der Waals surface area contributed by atoms with Crippen molar-refractivity contribution in [3.63, 3.8) is 0 Å². The van der Waals surface area contributed by atoms with Gasteiger partial charge in [0.2, 0.25) is 11.7 Å². The predicted octanol–water partition coefficient (Wildman–Crippen LogP) is 3.97. The summed E-state index contributed by atoms with van der Waals surface area (Å²) in [5.74, 6) is -1.21. The van der Waals surface area contributed by atoms with Gasteiger partial charge in [-0.3, -0.25) is 14.7 Å². The fourth-order valence-electron chi connectivity index (χ4n) is 3.61. The molecule has 0 saturated carbocycles. The highest BCUT2D eigenvalue weighted by Crippen LogP contribution is 2.26. The number of carbonyl (C=O) groups excluding carboxylic acids is 3. The first kappa shape index (κ1) is 26.7. The molecule has 2 heterocycles. The van der Waals surface area contributed by atoms with Crippen LogP contribution in [0.1, 0.15) is 68.5 Å². The maximum absolute atomic E-state index is 12.7. The minimum Gasteiger partial charge on any atom is -0.464 e. The van der Waals surface area contributed by atoms with Crippen molar-refractivity contribution in [1.82, 2.24) is 25.8 Å². The topological polar surface area (TPSA) is 139 Å². The lowest BCUT2D eigenvalue weighted by Crippen LogP contribution is -2.45. The normalized spacial score (nSPS) is 12.0. The SMILES string of the molecule is CCOC(=O)C(NC(=O)c1cnc(-c2cccc(-c3cc(C(=O)NC(CC)CC)[nH]n3)c2)o1)C(C)C. The number of carbonyl (C=O) groups is 3. The molecule has 0 saturated heterocycles. The van der Waals surface area contributed by atoms with E-state index in [2.05, 4.69) is 25.8 Å². The van der Waals surface area contributed by atoms with Gasteiger partial charge in [-0.05, 0) is 43.9 Å². The fourth-order valence-corrected chi connectivity index (χ4v) is 3.61. The Morgan fingerprint density at radius 3 is 2.42 bits per heavy atom. The van der Waals surface area contributed by atoms with E-state index in [0.29, 0.717) is 17.0 Å². The molecule has 3 N–H and O–H groups in total. The Labute approximate surface area is 210 Å². The first-order valence-electron chi connectivity index (χ1n) is 12.2. The van der Waals surface area contributed by atoms with E-state index in [9.17, 15) is 14.4 Å². The Morgan fingerprint density at radius 2 is 1.75 bits per heavy atom. The summed E-state index contributed by atoms with van der Waals surface area (Å²) >= 11 is 0. The van der Waals surface area contributed by atoms with Crippen molar-refractivity contribution in [3.8, 4) is 22.7 Å². The summed E-state index contributed by atoms with van der Waals surface area (Å²) in [7, 11) is 0. The van der Waals surface area contributed by atoms with Gasteiger partial charge in [-0.25, -0.2) is 9.78 Å². The fraction of sp³-hybridized carbons (Fsp3) is 0.423. The molecule has 0 bridgehead atoms. The average Bonchev–Trinajstić information content (AvgIpc) is 3.56. The molecule has 0 fully saturated rings. The van der Waals surface area contributed by atoms with Crippen LogP contribution >= 0.6 is 0 Å². The van der Waals surface area contributed by atoms with Crippen molar-refractivity contribution in [2.45, 2.75) is 59.5 Å². The zero-order chi connectivity index (χ0) is 26.2. The number of rotatable bonds is 11. The predicted molar refractivity (Wildman–Crippen MR) is 134 cm³/mol. The lowest BCUT2D eigenvalue weighted by molar-refractivity contribution is -0.146. The Morgan fingerprint density at radius 1 is 1.03 bits per heavy atom. The van der Waals surface area contributed by atoms with Crippen molar-refractivity contribution < 1.29 is 23.5 Å². The van der Waals surface area contributed by atoms with Crippen LogP contribution in [0.15, 0.2) is 40.9 Å². The zero-order valence-corrected chi connectivity index (χ0v) is 21.3. The number of aromatic amines is 1. The summed E-state index contributed by atoms with van der Waals surface area (Å²) in [6, 6.07) is 8.25. The van der Waals surface area contributed by atoms with Crippen LogP contribution < -0.4 is 10.6 Å². The lowest BCUT2D eigenvalue weighted by Gasteiger charge is -2.19. The summed E-state index contributed by atoms with van der Waals surface area (Å²) in [5, 5.41) is 12.7. The third kappa shape index (κ3) is 6.38. The van der Waals surface area contributed by atoms with Gasteiger partial charge < -0.3 is 19.8 Å². The highest BCUT2D eigenvalue weighted by atomic mass is 16.5. The molecular formula is C26H33N5O5. The molecule has 1 aromatic carbocycles. The second-order valence-electron chi connectivity index (χ2n) is 8.71. The molecule has 0 spiro atoms. The molecule has 2 aromatic heterocycles. The smallest absolute Gasteiger partial charge is 0.328 e. The molecule has 0 aliphatic carbocycles. The standard InChI is InChI=1S/C26H33N5O5/c1-6-18(7-2)28-23(32)20-13-19(30-31-20)16-10-9-11-17(12-16)25-27-14-21(36-25)24(33)29-22(15(4)5)26(34)35-8-3/h9-15,18,22H,6-8H2,1-5H3,(H,28,32)(H,29,33)(H,30,31). The molecule has 1 atom stereocenters. The summed E-state index contributed by atoms with van der Waals surface area (Å²) < 4.78 is 10.7. The van der Waals surface area contributed by atoms with Crippen LogP contribution in [0.3, 0.4) is 0 Å². The number of oxazole rings is 1. The third-order valence-corrected chi connectivity index (χ3v) is 5.77. The number of H-pyrrole nitrogens is 1. The molecule has 2 amide bonds. The molecule has 10 nitrogen and oxygen atoms in total. The van der Waals surface area contributed by atoms with Gasteiger partial charge in [0.15, 0.2) is 0 Å². The molecular weight excluding hydrogens is 462 g/mol. The van der Waals surface area contributed by atoms with E-state index in [4.69, 9.17) is 9.15 Å². The molecule has 0 aliphatic rings. The molecule has 3 aromatic rings. The number of aromatic nitrogens is 3. The van der Waals surface area contributed by atoms with Crippen molar-refractivity contribution in [2.24, 2.45) is 5.92 Å². The number of ether oxygens (including phenoxy) is 1. The number of nitrogens with one attached hydrogen (secondary N) is 3. The maximum Gasteiger partial charge on any atom is 0.328 e. The number of nitrogens with zero attached hydrogens (tertiary/aromatic N) is 2. The number of benzene rings is 1. The average molecular weight is 496 g/mol. The third-order valence-electron chi connectivity index (χ3n) is 5.77. The first-order valence-corrected chi connectivity index (χ1v) is 12.2. The van der Waals surface area contributed by atoms with E-state index in [0.717, 1.165) is 18.4 Å². The van der Waals surface area contributed by atoms with Gasteiger partial charge >= 0.3 is 5.97 Å². The highest BCUT2D eigenvalue weighted by Gasteiger charge is 2.27. The van der Waals surface area contributed by atoms with Gasteiger partial charge in [0.25, 0.3) is 11.8 Å². The number of amides is 2. The van der Waals surface area contributed by atoms with E-state index < -0.39 is 17.9 Å². The van der Waals surface area contributed by atoms with Crippen molar-refractivity contribution >= 4 is 17.8 Å². The van der Waals surface area contributed by atoms with E-state index in [-0.39, 0.29) is 36.1 Å². The summed E-state index contributed by atoms with van der Waals surface area (Å²) in [6.45, 7) is 9.62. The van der Waals surface area contributed by atoms with E-state index in [1.54, 1.807) is 19.1 Å². The quantitative estimate of drug-likeness (QED) is 0.342. The lowest BCUT2D eigenvalue weighted by atomic mass is 10.0. The van der Waals surface area contributed by atoms with Crippen LogP contribution in [0.4, 0.5) is 0 Å². The molecule has 3 rings (SSSR count). The second kappa shape index (κ2) is 12.1. The molecule has 192 valence electrons. The summed E-state index contributed by atoms with van der Waals surface area (Å²) in [6.07, 6.45) is 3.01. The van der Waals surface area contributed by atoms with Gasteiger partial charge in [-0.15, -0.1) is 0 Å². The number of esters is 1. The molecule has 36 heavy (non-hydrogen) atoms. The molecule has 10 heteroatoms. The van der Waals surface area contributed by atoms with Crippen molar-refractivity contribution in [1.29, 1.82) is 0 Å². The maximum atomic E-state index is 12.7. The first-order chi connectivity index (χ1) is 17.3. The van der Waals surface area contributed by atoms with Crippen molar-refractivity contribution in [3.05, 3.63) is 48.0 Å². The van der Waals surface area contributed by atoms with Gasteiger partial charge in [0.1, 0.15) is 11.7 Å². The van der Waals surface area contributed by atoms with Crippen LogP contribution in [0.5, 0.6) is 0 Å². The Kier molecular flexibility index (Phi) is 8.99. The summed E-state index contributed by atoms with van der Waals surface area (Å²) in [5.41, 5.74) is 2.34. The largest absolute Gasteiger partial charge is 0.464 e. The molecule has 0 aliphatic heterocycles. The van der Waals surface area contributed by atoms with Crippen LogP contribution in [0.25, 0.3) is 22.7 Å². The van der Waals surface area contributed by atoms with Gasteiger partial charge in [0, 0.05) is 17.2 Å². The van der Waals surface area contributed by atoms with Crippen LogP contribution in [-0.2, 0) is 9.53 Å². The Bertz CT molecular complexity index is 1190. The van der Waals surface area contributed by atoms with E-state index in [1.165, 1.54) is 6.20 Å². The van der Waals surface area contributed by atoms with Gasteiger partial charge in [-0.1, -0.05) is 39.8 Å². The minimum absolute atomic E-state index is 0.0227.